The molecule has 0 rings (SSSR count). The first kappa shape index (κ1) is 21.2. The Hall–Kier alpha value is -0.790. The summed E-state index contributed by atoms with van der Waals surface area (Å²) in [6, 6.07) is 0. The highest BCUT2D eigenvalue weighted by atomic mass is 16.4. The van der Waals surface area contributed by atoms with Crippen molar-refractivity contribution >= 4 is 5.97 Å². The van der Waals surface area contributed by atoms with Gasteiger partial charge in [-0.25, -0.2) is 9.90 Å². The summed E-state index contributed by atoms with van der Waals surface area (Å²) in [6.07, 6.45) is 23.8. The summed E-state index contributed by atoms with van der Waals surface area (Å²) in [4.78, 5) is 10.2. The number of carbonyl (C=O) groups is 1. The topological polar surface area (TPSA) is 37.0 Å². The zero-order valence-electron chi connectivity index (χ0n) is 14.8. The minimum absolute atomic E-state index is 0.226. The average Bonchev–Trinajstić information content (AvgIpc) is 2.50. The van der Waals surface area contributed by atoms with Crippen LogP contribution in [0.4, 0.5) is 0 Å². The van der Waals surface area contributed by atoms with Crippen molar-refractivity contribution in [2.45, 2.75) is 110 Å². The molecule has 0 aliphatic carbocycles. The minimum Gasteiger partial charge on any atom is -0.247 e. The van der Waals surface area contributed by atoms with Gasteiger partial charge in [-0.1, -0.05) is 83.3 Å². The number of unbranched alkanes of at least 4 members (excludes halogenated alkanes) is 13. The van der Waals surface area contributed by atoms with Crippen molar-refractivity contribution in [3.8, 4) is 0 Å². The van der Waals surface area contributed by atoms with E-state index in [0.717, 1.165) is 12.8 Å². The number of rotatable bonds is 17. The quantitative estimate of drug-likeness (QED) is 0.216. The maximum atomic E-state index is 10.2. The second-order valence-corrected chi connectivity index (χ2v) is 6.41. The van der Waals surface area contributed by atoms with Gasteiger partial charge in [0.25, 0.3) is 0 Å². The van der Waals surface area contributed by atoms with Gasteiger partial charge >= 0.3 is 5.97 Å². The van der Waals surface area contributed by atoms with Crippen LogP contribution in [-0.2, 0) is 9.90 Å². The van der Waals surface area contributed by atoms with Crippen molar-refractivity contribution in [1.82, 2.24) is 0 Å². The zero-order chi connectivity index (χ0) is 16.3. The van der Waals surface area contributed by atoms with Crippen LogP contribution in [0, 0.1) is 0 Å². The third-order valence-electron chi connectivity index (χ3n) is 4.14. The zero-order valence-corrected chi connectivity index (χ0v) is 14.8. The molecule has 0 aromatic rings. The van der Waals surface area contributed by atoms with Gasteiger partial charge in [-0.15, -0.1) is 0 Å². The average molecular weight is 310 g/mol. The van der Waals surface area contributed by atoms with Crippen LogP contribution in [0.3, 0.4) is 0 Å². The summed E-state index contributed by atoms with van der Waals surface area (Å²) in [5.41, 5.74) is 0. The van der Waals surface area contributed by atoms with Gasteiger partial charge < -0.3 is 0 Å². The van der Waals surface area contributed by atoms with E-state index in [-0.39, 0.29) is 6.42 Å². The molecule has 2 heteroatoms. The third-order valence-corrected chi connectivity index (χ3v) is 4.14. The van der Waals surface area contributed by atoms with Gasteiger partial charge in [-0.05, 0) is 32.1 Å². The molecule has 0 spiro atoms. The second kappa shape index (κ2) is 18.3. The Morgan fingerprint density at radius 3 is 1.50 bits per heavy atom. The largest absolute Gasteiger partial charge is 0.355 e. The van der Waals surface area contributed by atoms with E-state index in [9.17, 15) is 9.90 Å². The van der Waals surface area contributed by atoms with E-state index in [1.165, 1.54) is 83.5 Å². The lowest BCUT2D eigenvalue weighted by atomic mass is 10.1. The third kappa shape index (κ3) is 19.2. The fourth-order valence-corrected chi connectivity index (χ4v) is 2.69. The first-order chi connectivity index (χ1) is 10.8. The molecule has 0 atom stereocenters. The molecule has 0 saturated heterocycles. The molecule has 0 aliphatic rings. The van der Waals surface area contributed by atoms with E-state index in [4.69, 9.17) is 0 Å². The predicted molar refractivity (Wildman–Crippen MR) is 94.4 cm³/mol. The first-order valence-electron chi connectivity index (χ1n) is 9.62. The van der Waals surface area contributed by atoms with Gasteiger partial charge in [-0.2, -0.15) is 0 Å². The smallest absolute Gasteiger partial charge is 0.247 e. The summed E-state index contributed by atoms with van der Waals surface area (Å²) in [5, 5.41) is 10.2. The molecule has 0 amide bonds. The molecule has 0 bridgehead atoms. The number of hydrogen-bond donors (Lipinski definition) is 0. The molecule has 0 aliphatic heterocycles. The summed E-state index contributed by atoms with van der Waals surface area (Å²) in [7, 11) is 0. The van der Waals surface area contributed by atoms with Crippen LogP contribution in [0.5, 0.6) is 0 Å². The van der Waals surface area contributed by atoms with Crippen LogP contribution < -0.4 is 0 Å². The molecule has 0 heterocycles. The molecule has 0 N–H and O–H groups in total. The van der Waals surface area contributed by atoms with Crippen molar-refractivity contribution in [1.29, 1.82) is 0 Å². The van der Waals surface area contributed by atoms with Gasteiger partial charge in [0.15, 0.2) is 0 Å². The van der Waals surface area contributed by atoms with Crippen LogP contribution in [0.15, 0.2) is 12.2 Å². The van der Waals surface area contributed by atoms with Crippen LogP contribution in [0.1, 0.15) is 110 Å². The molecular formula is C20H37O2. The monoisotopic (exact) mass is 309 g/mol. The van der Waals surface area contributed by atoms with Crippen LogP contribution in [-0.4, -0.2) is 5.97 Å². The highest BCUT2D eigenvalue weighted by Crippen LogP contribution is 2.11. The Bertz CT molecular complexity index is 258. The maximum Gasteiger partial charge on any atom is 0.355 e. The first-order valence-corrected chi connectivity index (χ1v) is 9.62. The maximum absolute atomic E-state index is 10.2. The van der Waals surface area contributed by atoms with Crippen molar-refractivity contribution < 1.29 is 9.90 Å². The molecule has 22 heavy (non-hydrogen) atoms. The fourth-order valence-electron chi connectivity index (χ4n) is 2.69. The van der Waals surface area contributed by atoms with E-state index in [2.05, 4.69) is 19.1 Å². The molecule has 2 nitrogen and oxygen atoms in total. The van der Waals surface area contributed by atoms with Crippen LogP contribution >= 0.6 is 0 Å². The Morgan fingerprint density at radius 1 is 0.636 bits per heavy atom. The summed E-state index contributed by atoms with van der Waals surface area (Å²) in [6.45, 7) is 2.26. The van der Waals surface area contributed by atoms with Gasteiger partial charge in [0, 0.05) is 0 Å². The van der Waals surface area contributed by atoms with Gasteiger partial charge in [0.05, 0.1) is 6.42 Å². The number of carbonyl (C=O) groups excluding carboxylic acids is 1. The van der Waals surface area contributed by atoms with E-state index >= 15 is 0 Å². The lowest BCUT2D eigenvalue weighted by Gasteiger charge is -2.00. The number of hydrogen-bond acceptors (Lipinski definition) is 1. The normalized spacial score (nSPS) is 11.3. The summed E-state index contributed by atoms with van der Waals surface area (Å²) >= 11 is 0. The highest BCUT2D eigenvalue weighted by Gasteiger charge is 1.98. The minimum atomic E-state index is -0.909. The molecule has 1 radical (unpaired) electrons. The second-order valence-electron chi connectivity index (χ2n) is 6.41. The highest BCUT2D eigenvalue weighted by molar-refractivity contribution is 5.66. The van der Waals surface area contributed by atoms with E-state index in [1.807, 2.05) is 0 Å². The fraction of sp³-hybridized carbons (Fsp3) is 0.850. The molecule has 0 saturated carbocycles. The van der Waals surface area contributed by atoms with Crippen LogP contribution in [0.2, 0.25) is 0 Å². The SMILES string of the molecule is CCCCCCCC/C=C\CCCCCCCCCC([O])=O. The van der Waals surface area contributed by atoms with Crippen molar-refractivity contribution in [2.75, 3.05) is 0 Å². The van der Waals surface area contributed by atoms with Gasteiger partial charge in [0.1, 0.15) is 0 Å². The number of allylic oxidation sites excluding steroid dienone is 2. The summed E-state index contributed by atoms with van der Waals surface area (Å²) < 4.78 is 0. The Morgan fingerprint density at radius 2 is 1.05 bits per heavy atom. The van der Waals surface area contributed by atoms with Crippen LogP contribution in [0.25, 0.3) is 0 Å². The molecule has 0 aromatic carbocycles. The Labute approximate surface area is 138 Å². The van der Waals surface area contributed by atoms with E-state index in [0.29, 0.717) is 0 Å². The van der Waals surface area contributed by atoms with Crippen molar-refractivity contribution in [3.05, 3.63) is 12.2 Å². The predicted octanol–water partition coefficient (Wildman–Crippen LogP) is 6.76. The van der Waals surface area contributed by atoms with Crippen molar-refractivity contribution in [2.24, 2.45) is 0 Å². The Kier molecular flexibility index (Phi) is 17.6. The van der Waals surface area contributed by atoms with E-state index < -0.39 is 5.97 Å². The van der Waals surface area contributed by atoms with E-state index in [1.54, 1.807) is 0 Å². The molecule has 0 aromatic heterocycles. The molecular weight excluding hydrogens is 272 g/mol. The molecule has 0 fully saturated rings. The molecule has 0 unspecified atom stereocenters. The Balaban J connectivity index is 3.06. The molecule has 129 valence electrons. The summed E-state index contributed by atoms with van der Waals surface area (Å²) in [5.74, 6) is -0.909. The van der Waals surface area contributed by atoms with Gasteiger partial charge in [0.2, 0.25) is 0 Å². The lowest BCUT2D eigenvalue weighted by molar-refractivity contribution is -0.143. The van der Waals surface area contributed by atoms with Gasteiger partial charge in [-0.3, -0.25) is 0 Å². The van der Waals surface area contributed by atoms with Crippen molar-refractivity contribution in [3.63, 3.8) is 0 Å². The standard InChI is InChI=1S/C20H37O2/c1-2-3-4-5-6-7-8-9-10-11-12-13-14-15-16-17-18-19-20(21)22/h9-10H,2-8,11-19H2,1H3/b10-9-. The lowest BCUT2D eigenvalue weighted by Crippen LogP contribution is -1.91.